The van der Waals surface area contributed by atoms with Crippen LogP contribution in [-0.4, -0.2) is 41.5 Å². The molecule has 0 unspecified atom stereocenters. The van der Waals surface area contributed by atoms with Crippen molar-refractivity contribution in [2.24, 2.45) is 0 Å². The molecule has 5 heteroatoms. The Labute approximate surface area is 154 Å². The molecule has 1 saturated heterocycles. The smallest absolute Gasteiger partial charge is 0.228 e. The number of carbonyl (C=O) groups excluding carboxylic acids is 1. The van der Waals surface area contributed by atoms with Gasteiger partial charge in [-0.05, 0) is 37.9 Å². The molecular weight excluding hydrogens is 330 g/mol. The lowest BCUT2D eigenvalue weighted by Gasteiger charge is -2.34. The summed E-state index contributed by atoms with van der Waals surface area (Å²) in [4.78, 5) is 19.6. The van der Waals surface area contributed by atoms with Gasteiger partial charge in [-0.2, -0.15) is 0 Å². The summed E-state index contributed by atoms with van der Waals surface area (Å²) < 4.78 is 0. The standard InChI is InChI=1S/C20H27N3OS/c1-2-12-23(18-8-10-21-11-9-18)20(24)14-17-15-25-19(22-17)13-16-6-4-3-5-7-16/h3-7,15,18,21H,2,8-14H2,1H3. The van der Waals surface area contributed by atoms with Crippen molar-refractivity contribution in [1.29, 1.82) is 0 Å². The predicted octanol–water partition coefficient (Wildman–Crippen LogP) is 3.27. The van der Waals surface area contributed by atoms with Gasteiger partial charge in [-0.1, -0.05) is 37.3 Å². The molecule has 2 aromatic rings. The van der Waals surface area contributed by atoms with Gasteiger partial charge < -0.3 is 10.2 Å². The number of nitrogens with one attached hydrogen (secondary N) is 1. The normalized spacial score (nSPS) is 15.2. The molecule has 1 amide bonds. The van der Waals surface area contributed by atoms with E-state index in [0.717, 1.165) is 56.0 Å². The van der Waals surface area contributed by atoms with Crippen molar-refractivity contribution in [2.75, 3.05) is 19.6 Å². The molecule has 1 fully saturated rings. The highest BCUT2D eigenvalue weighted by atomic mass is 32.1. The SMILES string of the molecule is CCCN(C(=O)Cc1csc(Cc2ccccc2)n1)C1CCNCC1. The number of carbonyl (C=O) groups is 1. The molecule has 4 nitrogen and oxygen atoms in total. The van der Waals surface area contributed by atoms with Crippen LogP contribution in [0.1, 0.15) is 42.5 Å². The second-order valence-corrected chi connectivity index (χ2v) is 7.58. The first-order valence-corrected chi connectivity index (χ1v) is 10.1. The summed E-state index contributed by atoms with van der Waals surface area (Å²) in [6.07, 6.45) is 4.39. The van der Waals surface area contributed by atoms with Crippen LogP contribution in [0.25, 0.3) is 0 Å². The Morgan fingerprint density at radius 3 is 2.76 bits per heavy atom. The molecule has 1 aromatic heterocycles. The average Bonchev–Trinajstić information content (AvgIpc) is 3.08. The highest BCUT2D eigenvalue weighted by Crippen LogP contribution is 2.18. The first kappa shape index (κ1) is 18.1. The minimum absolute atomic E-state index is 0.227. The van der Waals surface area contributed by atoms with Crippen LogP contribution in [0.2, 0.25) is 0 Å². The van der Waals surface area contributed by atoms with Gasteiger partial charge in [-0.3, -0.25) is 4.79 Å². The van der Waals surface area contributed by atoms with Crippen LogP contribution >= 0.6 is 11.3 Å². The monoisotopic (exact) mass is 357 g/mol. The van der Waals surface area contributed by atoms with Crippen molar-refractivity contribution in [3.8, 4) is 0 Å². The van der Waals surface area contributed by atoms with Crippen LogP contribution in [0, 0.1) is 0 Å². The van der Waals surface area contributed by atoms with Gasteiger partial charge in [0.1, 0.15) is 0 Å². The second kappa shape index (κ2) is 9.11. The van der Waals surface area contributed by atoms with Crippen LogP contribution in [0.3, 0.4) is 0 Å². The Kier molecular flexibility index (Phi) is 6.59. The third-order valence-corrected chi connectivity index (χ3v) is 5.56. The molecule has 0 aliphatic carbocycles. The zero-order chi connectivity index (χ0) is 17.5. The van der Waals surface area contributed by atoms with E-state index in [0.29, 0.717) is 12.5 Å². The number of rotatable bonds is 7. The maximum absolute atomic E-state index is 12.8. The van der Waals surface area contributed by atoms with Gasteiger partial charge in [0.2, 0.25) is 5.91 Å². The zero-order valence-corrected chi connectivity index (χ0v) is 15.7. The molecule has 25 heavy (non-hydrogen) atoms. The maximum atomic E-state index is 12.8. The van der Waals surface area contributed by atoms with Gasteiger partial charge in [0.25, 0.3) is 0 Å². The largest absolute Gasteiger partial charge is 0.339 e. The van der Waals surface area contributed by atoms with Gasteiger partial charge in [0.05, 0.1) is 17.1 Å². The molecule has 1 aromatic carbocycles. The Morgan fingerprint density at radius 2 is 2.04 bits per heavy atom. The summed E-state index contributed by atoms with van der Waals surface area (Å²) in [6.45, 7) is 5.01. The minimum Gasteiger partial charge on any atom is -0.339 e. The third kappa shape index (κ3) is 5.13. The molecule has 0 spiro atoms. The predicted molar refractivity (Wildman–Crippen MR) is 103 cm³/mol. The van der Waals surface area contributed by atoms with E-state index in [-0.39, 0.29) is 5.91 Å². The minimum atomic E-state index is 0.227. The molecule has 3 rings (SSSR count). The van der Waals surface area contributed by atoms with Gasteiger partial charge in [-0.25, -0.2) is 4.98 Å². The van der Waals surface area contributed by atoms with Crippen LogP contribution in [0.5, 0.6) is 0 Å². The first-order valence-electron chi connectivity index (χ1n) is 9.23. The quantitative estimate of drug-likeness (QED) is 0.827. The van der Waals surface area contributed by atoms with Crippen molar-refractivity contribution in [2.45, 2.75) is 45.1 Å². The Bertz CT molecular complexity index is 665. The van der Waals surface area contributed by atoms with E-state index in [1.165, 1.54) is 5.56 Å². The van der Waals surface area contributed by atoms with Crippen LogP contribution in [0.15, 0.2) is 35.7 Å². The maximum Gasteiger partial charge on any atom is 0.228 e. The number of piperidine rings is 1. The van der Waals surface area contributed by atoms with Crippen molar-refractivity contribution >= 4 is 17.2 Å². The van der Waals surface area contributed by atoms with Gasteiger partial charge >= 0.3 is 0 Å². The van der Waals surface area contributed by atoms with E-state index in [2.05, 4.69) is 41.4 Å². The molecule has 0 atom stereocenters. The summed E-state index contributed by atoms with van der Waals surface area (Å²) in [7, 11) is 0. The molecule has 1 aliphatic rings. The Hall–Kier alpha value is -1.72. The van der Waals surface area contributed by atoms with Crippen LogP contribution in [-0.2, 0) is 17.6 Å². The number of amides is 1. The topological polar surface area (TPSA) is 45.2 Å². The zero-order valence-electron chi connectivity index (χ0n) is 14.9. The van der Waals surface area contributed by atoms with Crippen molar-refractivity contribution in [1.82, 2.24) is 15.2 Å². The van der Waals surface area contributed by atoms with E-state index in [1.54, 1.807) is 11.3 Å². The molecule has 134 valence electrons. The van der Waals surface area contributed by atoms with Crippen molar-refractivity contribution in [3.63, 3.8) is 0 Å². The van der Waals surface area contributed by atoms with E-state index in [9.17, 15) is 4.79 Å². The molecule has 1 aliphatic heterocycles. The van der Waals surface area contributed by atoms with Gasteiger partial charge in [0, 0.05) is 24.4 Å². The molecule has 0 radical (unpaired) electrons. The van der Waals surface area contributed by atoms with E-state index in [4.69, 9.17) is 4.98 Å². The molecule has 1 N–H and O–H groups in total. The lowest BCUT2D eigenvalue weighted by molar-refractivity contribution is -0.133. The fourth-order valence-electron chi connectivity index (χ4n) is 3.41. The van der Waals surface area contributed by atoms with Gasteiger partial charge in [-0.15, -0.1) is 11.3 Å². The molecule has 0 bridgehead atoms. The second-order valence-electron chi connectivity index (χ2n) is 6.64. The summed E-state index contributed by atoms with van der Waals surface area (Å²) >= 11 is 1.66. The van der Waals surface area contributed by atoms with Crippen LogP contribution in [0.4, 0.5) is 0 Å². The fraction of sp³-hybridized carbons (Fsp3) is 0.500. The summed E-state index contributed by atoms with van der Waals surface area (Å²) in [5.41, 5.74) is 2.17. The van der Waals surface area contributed by atoms with E-state index in [1.807, 2.05) is 11.4 Å². The molecule has 2 heterocycles. The summed E-state index contributed by atoms with van der Waals surface area (Å²) in [5.74, 6) is 0.227. The third-order valence-electron chi connectivity index (χ3n) is 4.66. The Balaban J connectivity index is 1.61. The van der Waals surface area contributed by atoms with Crippen molar-refractivity contribution in [3.05, 3.63) is 52.0 Å². The number of benzene rings is 1. The summed E-state index contributed by atoms with van der Waals surface area (Å²) in [6, 6.07) is 10.7. The lowest BCUT2D eigenvalue weighted by Crippen LogP contribution is -2.47. The fourth-order valence-corrected chi connectivity index (χ4v) is 4.24. The Morgan fingerprint density at radius 1 is 1.28 bits per heavy atom. The number of thiazole rings is 1. The number of aromatic nitrogens is 1. The van der Waals surface area contributed by atoms with E-state index >= 15 is 0 Å². The summed E-state index contributed by atoms with van der Waals surface area (Å²) in [5, 5.41) is 6.50. The average molecular weight is 358 g/mol. The van der Waals surface area contributed by atoms with E-state index < -0.39 is 0 Å². The van der Waals surface area contributed by atoms with Crippen LogP contribution < -0.4 is 5.32 Å². The first-order chi connectivity index (χ1) is 12.3. The number of hydrogen-bond donors (Lipinski definition) is 1. The van der Waals surface area contributed by atoms with Gasteiger partial charge in [0.15, 0.2) is 0 Å². The van der Waals surface area contributed by atoms with Crippen molar-refractivity contribution < 1.29 is 4.79 Å². The highest BCUT2D eigenvalue weighted by Gasteiger charge is 2.25. The molecule has 0 saturated carbocycles. The number of hydrogen-bond acceptors (Lipinski definition) is 4. The molecular formula is C20H27N3OS. The highest BCUT2D eigenvalue weighted by molar-refractivity contribution is 7.09. The lowest BCUT2D eigenvalue weighted by atomic mass is 10.0. The number of nitrogens with zero attached hydrogens (tertiary/aromatic N) is 2.